The molecule has 2 rings (SSSR count). The van der Waals surface area contributed by atoms with Crippen LogP contribution in [0.25, 0.3) is 0 Å². The van der Waals surface area contributed by atoms with Crippen molar-refractivity contribution in [1.29, 1.82) is 0 Å². The number of carbonyl (C=O) groups is 2. The van der Waals surface area contributed by atoms with Gasteiger partial charge in [0.15, 0.2) is 0 Å². The number of amides is 2. The van der Waals surface area contributed by atoms with Crippen molar-refractivity contribution in [2.24, 2.45) is 43.3 Å². The molecular formula is C22H28N10O2. The Hall–Kier alpha value is -4.74. The zero-order valence-electron chi connectivity index (χ0n) is 18.9. The van der Waals surface area contributed by atoms with Gasteiger partial charge in [-0.1, -0.05) is 24.3 Å². The van der Waals surface area contributed by atoms with Crippen molar-refractivity contribution < 1.29 is 9.59 Å². The number of hydrogen-bond acceptors (Lipinski definition) is 6. The van der Waals surface area contributed by atoms with Crippen molar-refractivity contribution in [2.75, 3.05) is 13.1 Å². The molecule has 0 atom stereocenters. The van der Waals surface area contributed by atoms with Crippen molar-refractivity contribution >= 4 is 35.2 Å². The standard InChI is InChI=1S/C22H28N10O2/c1-13(29-31-21(23)24)15-6-8-16(9-7-15)19(33)27-10-11-28-20(34)18-5-3-4-17(12-18)14(2)30-32-22(25)26/h3-9,12H,10-11H2,1-2H3,(H,27,33)(H,28,34)(H4,23,24,31)(H4,25,26,32)/b29-13+,30-14+. The van der Waals surface area contributed by atoms with Gasteiger partial charge < -0.3 is 33.6 Å². The zero-order chi connectivity index (χ0) is 25.1. The van der Waals surface area contributed by atoms with Crippen LogP contribution in [-0.4, -0.2) is 48.2 Å². The molecule has 0 fully saturated rings. The molecule has 12 nitrogen and oxygen atoms in total. The van der Waals surface area contributed by atoms with Crippen LogP contribution >= 0.6 is 0 Å². The van der Waals surface area contributed by atoms with Gasteiger partial charge in [-0.2, -0.15) is 10.2 Å². The Balaban J connectivity index is 1.87. The van der Waals surface area contributed by atoms with Gasteiger partial charge in [0.1, 0.15) is 0 Å². The fourth-order valence-electron chi connectivity index (χ4n) is 2.69. The Morgan fingerprint density at radius 3 is 1.62 bits per heavy atom. The summed E-state index contributed by atoms with van der Waals surface area (Å²) in [6, 6.07) is 13.7. The van der Waals surface area contributed by atoms with Crippen LogP contribution in [0, 0.1) is 0 Å². The number of guanidine groups is 2. The smallest absolute Gasteiger partial charge is 0.251 e. The highest BCUT2D eigenvalue weighted by Crippen LogP contribution is 2.08. The lowest BCUT2D eigenvalue weighted by Gasteiger charge is -2.09. The molecule has 12 heteroatoms. The maximum Gasteiger partial charge on any atom is 0.251 e. The number of hydrogen-bond donors (Lipinski definition) is 6. The Kier molecular flexibility index (Phi) is 9.26. The van der Waals surface area contributed by atoms with Gasteiger partial charge in [0.2, 0.25) is 11.9 Å². The van der Waals surface area contributed by atoms with Crippen LogP contribution in [0.15, 0.2) is 68.9 Å². The van der Waals surface area contributed by atoms with Crippen LogP contribution in [0.2, 0.25) is 0 Å². The molecule has 10 N–H and O–H groups in total. The van der Waals surface area contributed by atoms with Gasteiger partial charge in [-0.3, -0.25) is 9.59 Å². The highest BCUT2D eigenvalue weighted by Gasteiger charge is 2.09. The van der Waals surface area contributed by atoms with E-state index in [4.69, 9.17) is 22.9 Å². The number of nitrogens with one attached hydrogen (secondary N) is 2. The summed E-state index contributed by atoms with van der Waals surface area (Å²) < 4.78 is 0. The average molecular weight is 465 g/mol. The molecule has 0 heterocycles. The summed E-state index contributed by atoms with van der Waals surface area (Å²) in [5, 5.41) is 20.5. The van der Waals surface area contributed by atoms with Gasteiger partial charge in [-0.25, -0.2) is 0 Å². The molecule has 0 radical (unpaired) electrons. The first kappa shape index (κ1) is 25.5. The predicted octanol–water partition coefficient (Wildman–Crippen LogP) is -0.159. The van der Waals surface area contributed by atoms with E-state index in [9.17, 15) is 9.59 Å². The van der Waals surface area contributed by atoms with E-state index in [1.165, 1.54) is 0 Å². The third-order valence-electron chi connectivity index (χ3n) is 4.43. The number of carbonyl (C=O) groups excluding carboxylic acids is 2. The van der Waals surface area contributed by atoms with Crippen LogP contribution in [0.1, 0.15) is 45.7 Å². The summed E-state index contributed by atoms with van der Waals surface area (Å²) in [5.74, 6) is -0.848. The molecule has 2 aromatic carbocycles. The van der Waals surface area contributed by atoms with Crippen LogP contribution in [0.4, 0.5) is 0 Å². The second-order valence-corrected chi connectivity index (χ2v) is 7.09. The molecule has 2 aromatic rings. The topological polar surface area (TPSA) is 212 Å². The highest BCUT2D eigenvalue weighted by atomic mass is 16.2. The molecule has 0 spiro atoms. The van der Waals surface area contributed by atoms with Gasteiger partial charge in [-0.05, 0) is 49.2 Å². The molecule has 0 bridgehead atoms. The molecule has 0 aliphatic heterocycles. The predicted molar refractivity (Wildman–Crippen MR) is 134 cm³/mol. The molecule has 0 aromatic heterocycles. The first-order chi connectivity index (χ1) is 16.2. The van der Waals surface area contributed by atoms with E-state index in [2.05, 4.69) is 31.0 Å². The molecule has 0 saturated carbocycles. The van der Waals surface area contributed by atoms with Crippen LogP contribution < -0.4 is 33.6 Å². The van der Waals surface area contributed by atoms with Crippen LogP contribution in [0.5, 0.6) is 0 Å². The van der Waals surface area contributed by atoms with Crippen LogP contribution in [-0.2, 0) is 0 Å². The number of rotatable bonds is 9. The molecule has 0 unspecified atom stereocenters. The number of benzene rings is 2. The minimum absolute atomic E-state index is 0.137. The van der Waals surface area contributed by atoms with Gasteiger partial charge >= 0.3 is 0 Å². The normalized spacial score (nSPS) is 11.4. The summed E-state index contributed by atoms with van der Waals surface area (Å²) in [6.45, 7) is 3.97. The highest BCUT2D eigenvalue weighted by molar-refractivity contribution is 6.02. The SMILES string of the molecule is C/C(=N\N=C(N)N)c1ccc(C(=O)NCCNC(=O)c2cccc(/C(C)=N/N=C(N)N)c2)cc1. The van der Waals surface area contributed by atoms with E-state index in [-0.39, 0.29) is 36.8 Å². The minimum atomic E-state index is -0.286. The zero-order valence-corrected chi connectivity index (χ0v) is 18.9. The summed E-state index contributed by atoms with van der Waals surface area (Å²) in [7, 11) is 0. The van der Waals surface area contributed by atoms with Crippen molar-refractivity contribution in [3.8, 4) is 0 Å². The van der Waals surface area contributed by atoms with E-state index >= 15 is 0 Å². The fourth-order valence-corrected chi connectivity index (χ4v) is 2.69. The molecule has 0 aliphatic rings. The molecule has 178 valence electrons. The molecule has 34 heavy (non-hydrogen) atoms. The lowest BCUT2D eigenvalue weighted by molar-refractivity contribution is 0.0927. The third kappa shape index (κ3) is 8.07. The van der Waals surface area contributed by atoms with Crippen molar-refractivity contribution in [3.63, 3.8) is 0 Å². The minimum Gasteiger partial charge on any atom is -0.369 e. The fraction of sp³-hybridized carbons (Fsp3) is 0.182. The summed E-state index contributed by atoms with van der Waals surface area (Å²) in [5.41, 5.74) is 24.6. The van der Waals surface area contributed by atoms with Gasteiger partial charge in [0.05, 0.1) is 11.4 Å². The average Bonchev–Trinajstić information content (AvgIpc) is 2.83. The van der Waals surface area contributed by atoms with Crippen molar-refractivity contribution in [3.05, 3.63) is 70.8 Å². The number of nitrogens with zero attached hydrogens (tertiary/aromatic N) is 4. The Labute approximate surface area is 196 Å². The molecule has 0 saturated heterocycles. The van der Waals surface area contributed by atoms with E-state index in [1.54, 1.807) is 62.4 Å². The second-order valence-electron chi connectivity index (χ2n) is 7.09. The largest absolute Gasteiger partial charge is 0.369 e. The van der Waals surface area contributed by atoms with Gasteiger partial charge in [0.25, 0.3) is 11.8 Å². The monoisotopic (exact) mass is 464 g/mol. The summed E-state index contributed by atoms with van der Waals surface area (Å²) in [6.07, 6.45) is 0. The first-order valence-corrected chi connectivity index (χ1v) is 10.2. The Morgan fingerprint density at radius 1 is 0.647 bits per heavy atom. The van der Waals surface area contributed by atoms with Gasteiger partial charge in [0, 0.05) is 24.2 Å². The molecule has 2 amide bonds. The Bertz CT molecular complexity index is 1140. The third-order valence-corrected chi connectivity index (χ3v) is 4.43. The van der Waals surface area contributed by atoms with E-state index in [1.807, 2.05) is 0 Å². The van der Waals surface area contributed by atoms with E-state index < -0.39 is 0 Å². The van der Waals surface area contributed by atoms with Crippen LogP contribution in [0.3, 0.4) is 0 Å². The van der Waals surface area contributed by atoms with Crippen molar-refractivity contribution in [2.45, 2.75) is 13.8 Å². The molecular weight excluding hydrogens is 436 g/mol. The summed E-state index contributed by atoms with van der Waals surface area (Å²) in [4.78, 5) is 24.8. The maximum atomic E-state index is 12.4. The quantitative estimate of drug-likeness (QED) is 0.128. The van der Waals surface area contributed by atoms with E-state index in [0.717, 1.165) is 5.56 Å². The maximum absolute atomic E-state index is 12.4. The summed E-state index contributed by atoms with van der Waals surface area (Å²) >= 11 is 0. The number of nitrogens with two attached hydrogens (primary N) is 4. The first-order valence-electron chi connectivity index (χ1n) is 10.2. The van der Waals surface area contributed by atoms with Crippen molar-refractivity contribution in [1.82, 2.24) is 10.6 Å². The lowest BCUT2D eigenvalue weighted by Crippen LogP contribution is -2.34. The second kappa shape index (κ2) is 12.3. The Morgan fingerprint density at radius 2 is 1.09 bits per heavy atom. The molecule has 0 aliphatic carbocycles. The lowest BCUT2D eigenvalue weighted by atomic mass is 10.1. The van der Waals surface area contributed by atoms with Gasteiger partial charge in [-0.15, -0.1) is 10.2 Å². The van der Waals surface area contributed by atoms with E-state index in [0.29, 0.717) is 28.1 Å².